The molecule has 1 aromatic heterocycles. The molecule has 1 aliphatic heterocycles. The van der Waals surface area contributed by atoms with Crippen LogP contribution in [0.15, 0.2) is 24.3 Å². The third-order valence-corrected chi connectivity index (χ3v) is 5.63. The molecule has 3 amide bonds. The molecule has 1 aliphatic carbocycles. The molecule has 0 bridgehead atoms. The maximum absolute atomic E-state index is 12.3. The van der Waals surface area contributed by atoms with E-state index < -0.39 is 6.04 Å². The topological polar surface area (TPSA) is 100 Å². The van der Waals surface area contributed by atoms with Crippen LogP contribution in [0.2, 0.25) is 0 Å². The molecule has 2 heterocycles. The van der Waals surface area contributed by atoms with Gasteiger partial charge in [0.2, 0.25) is 11.8 Å². The smallest absolute Gasteiger partial charge is 0.254 e. The number of aryl methyl sites for hydroxylation is 2. The number of carbonyl (C=O) groups excluding carboxylic acids is 3. The molecule has 134 valence electrons. The molecular weight excluding hydrogens is 352 g/mol. The standard InChI is InChI=1S/C18H18N4O3S/c23-15(22-18-21-12-6-3-7-14(12)26-18)9-8-13-17(25)19-11-5-2-1-4-10(11)16(24)20-13/h1-2,4-5,13H,3,6-9H2,(H,19,25)(H,20,24)(H,21,22,23). The molecule has 1 atom stereocenters. The van der Waals surface area contributed by atoms with E-state index in [0.717, 1.165) is 25.0 Å². The minimum absolute atomic E-state index is 0.124. The Morgan fingerprint density at radius 2 is 2.12 bits per heavy atom. The Kier molecular flexibility index (Phi) is 4.42. The third kappa shape index (κ3) is 3.32. The molecule has 0 spiro atoms. The second-order valence-corrected chi connectivity index (χ2v) is 7.47. The molecule has 0 fully saturated rings. The van der Waals surface area contributed by atoms with Crippen molar-refractivity contribution in [2.45, 2.75) is 38.1 Å². The van der Waals surface area contributed by atoms with Crippen molar-refractivity contribution < 1.29 is 14.4 Å². The maximum atomic E-state index is 12.3. The largest absolute Gasteiger partial charge is 0.340 e. The first kappa shape index (κ1) is 16.7. The summed E-state index contributed by atoms with van der Waals surface area (Å²) in [6, 6.07) is 6.09. The highest BCUT2D eigenvalue weighted by atomic mass is 32.1. The average molecular weight is 370 g/mol. The van der Waals surface area contributed by atoms with Gasteiger partial charge in [-0.2, -0.15) is 0 Å². The van der Waals surface area contributed by atoms with Gasteiger partial charge in [0, 0.05) is 11.3 Å². The van der Waals surface area contributed by atoms with E-state index in [-0.39, 0.29) is 30.6 Å². The number of rotatable bonds is 4. The van der Waals surface area contributed by atoms with Gasteiger partial charge in [-0.25, -0.2) is 4.98 Å². The van der Waals surface area contributed by atoms with Gasteiger partial charge in [0.05, 0.1) is 16.9 Å². The summed E-state index contributed by atoms with van der Waals surface area (Å²) in [6.07, 6.45) is 3.47. The number of carbonyl (C=O) groups is 3. The lowest BCUT2D eigenvalue weighted by molar-refractivity contribution is -0.118. The molecule has 4 rings (SSSR count). The van der Waals surface area contributed by atoms with Gasteiger partial charge in [0.15, 0.2) is 5.13 Å². The molecule has 26 heavy (non-hydrogen) atoms. The van der Waals surface area contributed by atoms with Crippen LogP contribution in [0.5, 0.6) is 0 Å². The number of hydrogen-bond donors (Lipinski definition) is 3. The first-order valence-corrected chi connectivity index (χ1v) is 9.41. The molecule has 2 aromatic rings. The van der Waals surface area contributed by atoms with Gasteiger partial charge >= 0.3 is 0 Å². The van der Waals surface area contributed by atoms with Crippen LogP contribution in [0.3, 0.4) is 0 Å². The fraction of sp³-hybridized carbons (Fsp3) is 0.333. The number of para-hydroxylation sites is 1. The van der Waals surface area contributed by atoms with Gasteiger partial charge in [-0.3, -0.25) is 14.4 Å². The lowest BCUT2D eigenvalue weighted by Gasteiger charge is -2.13. The summed E-state index contributed by atoms with van der Waals surface area (Å²) < 4.78 is 0. The zero-order valence-corrected chi connectivity index (χ0v) is 14.8. The zero-order chi connectivity index (χ0) is 18.1. The van der Waals surface area contributed by atoms with Crippen molar-refractivity contribution in [1.29, 1.82) is 0 Å². The van der Waals surface area contributed by atoms with E-state index in [0.29, 0.717) is 16.4 Å². The molecular formula is C18H18N4O3S. The Labute approximate surface area is 154 Å². The van der Waals surface area contributed by atoms with E-state index >= 15 is 0 Å². The van der Waals surface area contributed by atoms with Crippen LogP contribution < -0.4 is 16.0 Å². The fourth-order valence-corrected chi connectivity index (χ4v) is 4.28. The Balaban J connectivity index is 1.36. The molecule has 1 unspecified atom stereocenters. The number of amides is 3. The van der Waals surface area contributed by atoms with E-state index in [2.05, 4.69) is 20.9 Å². The van der Waals surface area contributed by atoms with E-state index in [1.807, 2.05) is 0 Å². The summed E-state index contributed by atoms with van der Waals surface area (Å²) in [5.41, 5.74) is 1.99. The van der Waals surface area contributed by atoms with Gasteiger partial charge in [-0.1, -0.05) is 12.1 Å². The number of nitrogens with one attached hydrogen (secondary N) is 3. The molecule has 0 radical (unpaired) electrons. The van der Waals surface area contributed by atoms with Crippen molar-refractivity contribution in [2.75, 3.05) is 10.6 Å². The maximum Gasteiger partial charge on any atom is 0.254 e. The van der Waals surface area contributed by atoms with Crippen molar-refractivity contribution in [1.82, 2.24) is 10.3 Å². The molecule has 0 saturated heterocycles. The lowest BCUT2D eigenvalue weighted by atomic mass is 10.1. The Morgan fingerprint density at radius 1 is 1.27 bits per heavy atom. The van der Waals surface area contributed by atoms with Gasteiger partial charge in [-0.05, 0) is 37.8 Å². The molecule has 0 saturated carbocycles. The molecule has 2 aliphatic rings. The highest BCUT2D eigenvalue weighted by Gasteiger charge is 2.28. The van der Waals surface area contributed by atoms with Crippen molar-refractivity contribution in [2.24, 2.45) is 0 Å². The van der Waals surface area contributed by atoms with Crippen LogP contribution in [0, 0.1) is 0 Å². The first-order chi connectivity index (χ1) is 12.6. The minimum atomic E-state index is -0.748. The first-order valence-electron chi connectivity index (χ1n) is 8.59. The van der Waals surface area contributed by atoms with Gasteiger partial charge in [-0.15, -0.1) is 11.3 Å². The predicted octanol–water partition coefficient (Wildman–Crippen LogP) is 2.10. The van der Waals surface area contributed by atoms with Crippen LogP contribution in [0.4, 0.5) is 10.8 Å². The van der Waals surface area contributed by atoms with E-state index in [9.17, 15) is 14.4 Å². The van der Waals surface area contributed by atoms with E-state index in [1.165, 1.54) is 16.2 Å². The zero-order valence-electron chi connectivity index (χ0n) is 14.0. The summed E-state index contributed by atoms with van der Waals surface area (Å²) in [6.45, 7) is 0. The molecule has 1 aromatic carbocycles. The number of thiazole rings is 1. The third-order valence-electron chi connectivity index (χ3n) is 4.55. The summed E-state index contributed by atoms with van der Waals surface area (Å²) in [4.78, 5) is 42.4. The fourth-order valence-electron chi connectivity index (χ4n) is 3.22. The summed E-state index contributed by atoms with van der Waals surface area (Å²) >= 11 is 1.52. The van der Waals surface area contributed by atoms with Gasteiger partial charge < -0.3 is 16.0 Å². The Morgan fingerprint density at radius 3 is 2.96 bits per heavy atom. The number of aromatic nitrogens is 1. The van der Waals surface area contributed by atoms with Crippen LogP contribution in [-0.4, -0.2) is 28.7 Å². The number of benzene rings is 1. The Hall–Kier alpha value is -2.74. The van der Waals surface area contributed by atoms with E-state index in [4.69, 9.17) is 0 Å². The van der Waals surface area contributed by atoms with Crippen molar-refractivity contribution >= 4 is 39.9 Å². The molecule has 3 N–H and O–H groups in total. The lowest BCUT2D eigenvalue weighted by Crippen LogP contribution is -2.41. The highest BCUT2D eigenvalue weighted by molar-refractivity contribution is 7.15. The minimum Gasteiger partial charge on any atom is -0.340 e. The van der Waals surface area contributed by atoms with Crippen LogP contribution in [-0.2, 0) is 22.4 Å². The van der Waals surface area contributed by atoms with Crippen molar-refractivity contribution in [3.8, 4) is 0 Å². The van der Waals surface area contributed by atoms with Gasteiger partial charge in [0.1, 0.15) is 6.04 Å². The second kappa shape index (κ2) is 6.87. The average Bonchev–Trinajstić information content (AvgIpc) is 3.16. The molecule has 8 heteroatoms. The van der Waals surface area contributed by atoms with Gasteiger partial charge in [0.25, 0.3) is 5.91 Å². The summed E-state index contributed by atoms with van der Waals surface area (Å²) in [5, 5.41) is 8.84. The normalized spacial score (nSPS) is 18.4. The summed E-state index contributed by atoms with van der Waals surface area (Å²) in [7, 11) is 0. The van der Waals surface area contributed by atoms with Crippen LogP contribution in [0.1, 0.15) is 40.2 Å². The predicted molar refractivity (Wildman–Crippen MR) is 98.3 cm³/mol. The number of fused-ring (bicyclic) bond motifs is 2. The van der Waals surface area contributed by atoms with Crippen LogP contribution in [0.25, 0.3) is 0 Å². The number of anilines is 2. The number of nitrogens with zero attached hydrogens (tertiary/aromatic N) is 1. The Bertz CT molecular complexity index is 871. The molecule has 7 nitrogen and oxygen atoms in total. The quantitative estimate of drug-likeness (QED) is 0.767. The monoisotopic (exact) mass is 370 g/mol. The SMILES string of the molecule is O=C(CCC1NC(=O)c2ccccc2NC1=O)Nc1nc2c(s1)CCC2. The van der Waals surface area contributed by atoms with Crippen molar-refractivity contribution in [3.05, 3.63) is 40.4 Å². The van der Waals surface area contributed by atoms with Crippen molar-refractivity contribution in [3.63, 3.8) is 0 Å². The van der Waals surface area contributed by atoms with Crippen LogP contribution >= 0.6 is 11.3 Å². The highest BCUT2D eigenvalue weighted by Crippen LogP contribution is 2.30. The number of hydrogen-bond acceptors (Lipinski definition) is 5. The summed E-state index contributed by atoms with van der Waals surface area (Å²) in [5.74, 6) is -0.841. The van der Waals surface area contributed by atoms with E-state index in [1.54, 1.807) is 24.3 Å². The second-order valence-electron chi connectivity index (χ2n) is 6.39.